The summed E-state index contributed by atoms with van der Waals surface area (Å²) in [6, 6.07) is 8.48. The second kappa shape index (κ2) is 13.2. The predicted molar refractivity (Wildman–Crippen MR) is 137 cm³/mol. The van der Waals surface area contributed by atoms with Gasteiger partial charge in [-0.15, -0.1) is 0 Å². The summed E-state index contributed by atoms with van der Waals surface area (Å²) in [5.74, 6) is 2.33. The molecule has 3 rings (SSSR count). The third kappa shape index (κ3) is 7.67. The molecule has 198 valence electrons. The van der Waals surface area contributed by atoms with Gasteiger partial charge in [-0.2, -0.15) is 0 Å². The van der Waals surface area contributed by atoms with Crippen LogP contribution in [0, 0.1) is 0 Å². The van der Waals surface area contributed by atoms with Gasteiger partial charge in [0, 0.05) is 38.0 Å². The average molecular weight is 523 g/mol. The minimum Gasteiger partial charge on any atom is -0.496 e. The molecule has 0 radical (unpaired) electrons. The monoisotopic (exact) mass is 522 g/mol. The van der Waals surface area contributed by atoms with Crippen LogP contribution >= 0.6 is 0 Å². The first-order chi connectivity index (χ1) is 17.4. The summed E-state index contributed by atoms with van der Waals surface area (Å²) in [6.45, 7) is 4.38. The largest absolute Gasteiger partial charge is 0.496 e. The summed E-state index contributed by atoms with van der Waals surface area (Å²) in [7, 11) is 2.43. The minimum atomic E-state index is -3.69. The fourth-order valence-electron chi connectivity index (χ4n) is 3.71. The molecule has 36 heavy (non-hydrogen) atoms. The zero-order valence-corrected chi connectivity index (χ0v) is 21.9. The third-order valence-corrected chi connectivity index (χ3v) is 6.81. The van der Waals surface area contributed by atoms with Gasteiger partial charge >= 0.3 is 0 Å². The van der Waals surface area contributed by atoms with Gasteiger partial charge in [0.2, 0.25) is 10.0 Å². The number of benzene rings is 2. The second-order valence-corrected chi connectivity index (χ2v) is 9.70. The fraction of sp³-hybridized carbons (Fsp3) is 0.440. The molecule has 1 aliphatic heterocycles. The van der Waals surface area contributed by atoms with E-state index in [9.17, 15) is 8.42 Å². The van der Waals surface area contributed by atoms with E-state index >= 15 is 0 Å². The highest BCUT2D eigenvalue weighted by molar-refractivity contribution is 7.88. The summed E-state index contributed by atoms with van der Waals surface area (Å²) in [6.07, 6.45) is 2.91. The van der Waals surface area contributed by atoms with E-state index in [-0.39, 0.29) is 5.75 Å². The molecule has 0 bridgehead atoms. The molecule has 0 aliphatic carbocycles. The van der Waals surface area contributed by atoms with Crippen molar-refractivity contribution in [1.82, 2.24) is 9.62 Å². The number of hydrogen-bond acceptors (Lipinski definition) is 9. The molecule has 10 nitrogen and oxygen atoms in total. The Morgan fingerprint density at radius 3 is 2.19 bits per heavy atom. The van der Waals surface area contributed by atoms with Crippen LogP contribution < -0.4 is 28.4 Å². The summed E-state index contributed by atoms with van der Waals surface area (Å²) in [5.41, 5.74) is 1.14. The molecule has 1 saturated heterocycles. The normalized spacial score (nSPS) is 14.4. The van der Waals surface area contributed by atoms with E-state index in [1.165, 1.54) is 27.5 Å². The molecular formula is C25H34N2O8S. The number of morpholine rings is 1. The second-order valence-electron chi connectivity index (χ2n) is 7.94. The molecule has 1 N–H and O–H groups in total. The zero-order chi connectivity index (χ0) is 26.0. The van der Waals surface area contributed by atoms with Crippen LogP contribution in [-0.2, 0) is 20.5 Å². The highest BCUT2D eigenvalue weighted by Gasteiger charge is 2.15. The summed E-state index contributed by atoms with van der Waals surface area (Å²) in [4.78, 5) is 2.26. The molecule has 1 fully saturated rings. The number of ether oxygens (including phenoxy) is 6. The van der Waals surface area contributed by atoms with Crippen molar-refractivity contribution in [1.29, 1.82) is 0 Å². The van der Waals surface area contributed by atoms with Crippen LogP contribution in [0.2, 0.25) is 0 Å². The van der Waals surface area contributed by atoms with E-state index < -0.39 is 10.0 Å². The molecule has 2 aromatic carbocycles. The number of nitrogens with zero attached hydrogens (tertiary/aromatic N) is 1. The van der Waals surface area contributed by atoms with Crippen LogP contribution in [0.5, 0.6) is 28.7 Å². The van der Waals surface area contributed by atoms with E-state index in [1.807, 2.05) is 0 Å². The zero-order valence-electron chi connectivity index (χ0n) is 21.1. The van der Waals surface area contributed by atoms with Crippen molar-refractivity contribution in [3.05, 3.63) is 47.7 Å². The SMILES string of the molecule is COc1cc(OC)c(C=CNS(=O)(=O)Cc2ccc(OC)c(OCCN3CCOCC3)c2)c(OC)c1. The maximum atomic E-state index is 12.8. The van der Waals surface area contributed by atoms with Crippen LogP contribution in [0.25, 0.3) is 6.08 Å². The molecule has 0 unspecified atom stereocenters. The summed E-state index contributed by atoms with van der Waals surface area (Å²) in [5, 5.41) is 0. The van der Waals surface area contributed by atoms with E-state index in [1.54, 1.807) is 43.5 Å². The van der Waals surface area contributed by atoms with E-state index in [4.69, 9.17) is 28.4 Å². The molecule has 0 amide bonds. The lowest BCUT2D eigenvalue weighted by atomic mass is 10.1. The van der Waals surface area contributed by atoms with Gasteiger partial charge in [0.15, 0.2) is 11.5 Å². The molecule has 0 spiro atoms. The quantitative estimate of drug-likeness (QED) is 0.425. The van der Waals surface area contributed by atoms with Gasteiger partial charge in [-0.25, -0.2) is 8.42 Å². The Balaban J connectivity index is 1.66. The lowest BCUT2D eigenvalue weighted by Gasteiger charge is -2.26. The van der Waals surface area contributed by atoms with E-state index in [0.29, 0.717) is 46.5 Å². The van der Waals surface area contributed by atoms with Gasteiger partial charge in [0.1, 0.15) is 23.9 Å². The van der Waals surface area contributed by atoms with Crippen molar-refractivity contribution >= 4 is 16.1 Å². The third-order valence-electron chi connectivity index (χ3n) is 5.60. The number of hydrogen-bond donors (Lipinski definition) is 1. The van der Waals surface area contributed by atoms with E-state index in [0.717, 1.165) is 32.8 Å². The van der Waals surface area contributed by atoms with Crippen molar-refractivity contribution in [3.63, 3.8) is 0 Å². The Labute approximate surface area is 212 Å². The van der Waals surface area contributed by atoms with Crippen LogP contribution in [0.1, 0.15) is 11.1 Å². The van der Waals surface area contributed by atoms with Crippen LogP contribution in [0.3, 0.4) is 0 Å². The maximum Gasteiger partial charge on any atom is 0.236 e. The summed E-state index contributed by atoms with van der Waals surface area (Å²) < 4.78 is 60.7. The lowest BCUT2D eigenvalue weighted by molar-refractivity contribution is 0.0321. The lowest BCUT2D eigenvalue weighted by Crippen LogP contribution is -2.38. The Kier molecular flexibility index (Phi) is 10.1. The minimum absolute atomic E-state index is 0.238. The Hall–Kier alpha value is -3.15. The van der Waals surface area contributed by atoms with Gasteiger partial charge in [-0.05, 0) is 23.8 Å². The van der Waals surface area contributed by atoms with Crippen LogP contribution in [-0.4, -0.2) is 81.2 Å². The van der Waals surface area contributed by atoms with Crippen molar-refractivity contribution in [2.75, 3.05) is 67.9 Å². The van der Waals surface area contributed by atoms with E-state index in [2.05, 4.69) is 9.62 Å². The van der Waals surface area contributed by atoms with Gasteiger partial charge in [0.05, 0.1) is 53.0 Å². The van der Waals surface area contributed by atoms with Gasteiger partial charge in [-0.1, -0.05) is 6.07 Å². The smallest absolute Gasteiger partial charge is 0.236 e. The first-order valence-corrected chi connectivity index (χ1v) is 13.1. The molecular weight excluding hydrogens is 488 g/mol. The topological polar surface area (TPSA) is 105 Å². The van der Waals surface area contributed by atoms with Crippen molar-refractivity contribution in [2.24, 2.45) is 0 Å². The molecule has 0 saturated carbocycles. The van der Waals surface area contributed by atoms with Crippen molar-refractivity contribution in [2.45, 2.75) is 5.75 Å². The van der Waals surface area contributed by atoms with Crippen molar-refractivity contribution in [3.8, 4) is 28.7 Å². The Morgan fingerprint density at radius 2 is 1.58 bits per heavy atom. The van der Waals surface area contributed by atoms with Gasteiger partial charge < -0.3 is 28.4 Å². The first kappa shape index (κ1) is 27.4. The standard InChI is InChI=1S/C25H34N2O8S/c1-30-20-16-23(32-3)21(24(17-20)33-4)7-8-26-36(28,29)18-19-5-6-22(31-2)25(15-19)35-14-11-27-9-12-34-13-10-27/h5-8,15-17,26H,9-14,18H2,1-4H3. The van der Waals surface area contributed by atoms with Crippen molar-refractivity contribution < 1.29 is 36.8 Å². The van der Waals surface area contributed by atoms with Crippen LogP contribution in [0.15, 0.2) is 36.5 Å². The number of methoxy groups -OCH3 is 4. The maximum absolute atomic E-state index is 12.8. The van der Waals surface area contributed by atoms with Crippen LogP contribution in [0.4, 0.5) is 0 Å². The van der Waals surface area contributed by atoms with Gasteiger partial charge in [0.25, 0.3) is 0 Å². The summed E-state index contributed by atoms with van der Waals surface area (Å²) >= 11 is 0. The highest BCUT2D eigenvalue weighted by atomic mass is 32.2. The molecule has 11 heteroatoms. The fourth-order valence-corrected chi connectivity index (χ4v) is 4.69. The predicted octanol–water partition coefficient (Wildman–Crippen LogP) is 2.52. The average Bonchev–Trinajstić information content (AvgIpc) is 2.89. The molecule has 1 aliphatic rings. The number of rotatable bonds is 13. The molecule has 1 heterocycles. The number of sulfonamides is 1. The Bertz CT molecular complexity index is 1110. The molecule has 2 aromatic rings. The number of nitrogens with one attached hydrogen (secondary N) is 1. The first-order valence-electron chi connectivity index (χ1n) is 11.5. The molecule has 0 aromatic heterocycles. The highest BCUT2D eigenvalue weighted by Crippen LogP contribution is 2.35. The molecule has 0 atom stereocenters. The van der Waals surface area contributed by atoms with Gasteiger partial charge in [-0.3, -0.25) is 9.62 Å². The Morgan fingerprint density at radius 1 is 0.917 bits per heavy atom.